The van der Waals surface area contributed by atoms with Gasteiger partial charge in [0.25, 0.3) is 5.91 Å². The van der Waals surface area contributed by atoms with Crippen LogP contribution in [-0.2, 0) is 4.79 Å². The van der Waals surface area contributed by atoms with Gasteiger partial charge >= 0.3 is 6.61 Å². The van der Waals surface area contributed by atoms with Crippen LogP contribution in [0.5, 0.6) is 5.75 Å². The van der Waals surface area contributed by atoms with Gasteiger partial charge in [-0.25, -0.2) is 4.99 Å². The van der Waals surface area contributed by atoms with E-state index in [1.807, 2.05) is 49.5 Å². The summed E-state index contributed by atoms with van der Waals surface area (Å²) in [4.78, 5) is 20.8. The zero-order valence-corrected chi connectivity index (χ0v) is 16.4. The summed E-state index contributed by atoms with van der Waals surface area (Å²) in [6.07, 6.45) is 3.55. The molecule has 0 aliphatic carbocycles. The van der Waals surface area contributed by atoms with E-state index in [1.165, 1.54) is 28.8 Å². The number of alkyl halides is 2. The summed E-state index contributed by atoms with van der Waals surface area (Å²) in [6.45, 7) is -2.89. The number of amidine groups is 1. The van der Waals surface area contributed by atoms with Gasteiger partial charge < -0.3 is 9.64 Å². The maximum Gasteiger partial charge on any atom is 0.387 e. The molecule has 28 heavy (non-hydrogen) atoms. The molecule has 8 heteroatoms. The number of hydrogen-bond donors (Lipinski definition) is 0. The van der Waals surface area contributed by atoms with E-state index in [4.69, 9.17) is 0 Å². The van der Waals surface area contributed by atoms with Crippen molar-refractivity contribution in [1.82, 2.24) is 0 Å². The number of hydrogen-bond acceptors (Lipinski definition) is 5. The molecule has 0 N–H and O–H groups in total. The lowest BCUT2D eigenvalue weighted by atomic mass is 10.1. The summed E-state index contributed by atoms with van der Waals surface area (Å²) in [5, 5.41) is 0.517. The van der Waals surface area contributed by atoms with Crippen LogP contribution in [0.2, 0.25) is 0 Å². The molecule has 0 radical (unpaired) electrons. The minimum Gasteiger partial charge on any atom is -0.435 e. The predicted octanol–water partition coefficient (Wildman–Crippen LogP) is 4.46. The highest BCUT2D eigenvalue weighted by atomic mass is 32.2. The molecule has 146 valence electrons. The summed E-state index contributed by atoms with van der Waals surface area (Å²) >= 11 is 1.33. The van der Waals surface area contributed by atoms with Gasteiger partial charge in [0.05, 0.1) is 5.69 Å². The molecule has 2 aromatic carbocycles. The Kier molecular flexibility index (Phi) is 5.99. The number of nitrogens with zero attached hydrogens (tertiary/aromatic N) is 3. The Morgan fingerprint density at radius 2 is 1.75 bits per heavy atom. The zero-order chi connectivity index (χ0) is 20.3. The Labute approximate surface area is 166 Å². The van der Waals surface area contributed by atoms with Crippen molar-refractivity contribution in [2.45, 2.75) is 6.61 Å². The molecule has 1 aliphatic heterocycles. The minimum absolute atomic E-state index is 0.0322. The average Bonchev–Trinajstić information content (AvgIpc) is 2.98. The van der Waals surface area contributed by atoms with E-state index < -0.39 is 6.61 Å². The highest BCUT2D eigenvalue weighted by molar-refractivity contribution is 8.13. The maximum atomic E-state index is 12.9. The standard InChI is InChI=1S/C20H19F2N3O2S/c1-24(2)14-6-4-13(5-7-14)12-17-18(26)25(20(23-17)28-3)15-8-10-16(11-9-15)27-19(21)22/h4-12,19H,1-3H3. The van der Waals surface area contributed by atoms with Gasteiger partial charge in [0.15, 0.2) is 5.17 Å². The molecule has 1 aliphatic rings. The lowest BCUT2D eigenvalue weighted by Crippen LogP contribution is -2.30. The van der Waals surface area contributed by atoms with Crippen LogP contribution in [0.1, 0.15) is 5.56 Å². The number of rotatable bonds is 5. The fourth-order valence-electron chi connectivity index (χ4n) is 2.66. The van der Waals surface area contributed by atoms with E-state index in [2.05, 4.69) is 9.73 Å². The van der Waals surface area contributed by atoms with Crippen molar-refractivity contribution >= 4 is 40.3 Å². The van der Waals surface area contributed by atoms with Gasteiger partial charge in [-0.1, -0.05) is 23.9 Å². The Morgan fingerprint density at radius 1 is 1.11 bits per heavy atom. The topological polar surface area (TPSA) is 45.1 Å². The number of aliphatic imine (C=N–C) groups is 1. The van der Waals surface area contributed by atoms with Crippen molar-refractivity contribution < 1.29 is 18.3 Å². The van der Waals surface area contributed by atoms with E-state index >= 15 is 0 Å². The van der Waals surface area contributed by atoms with E-state index in [-0.39, 0.29) is 11.7 Å². The number of amides is 1. The van der Waals surface area contributed by atoms with E-state index in [9.17, 15) is 13.6 Å². The third-order valence-corrected chi connectivity index (χ3v) is 4.68. The Balaban J connectivity index is 1.85. The third kappa shape index (κ3) is 4.33. The smallest absolute Gasteiger partial charge is 0.387 e. The van der Waals surface area contributed by atoms with Crippen LogP contribution in [0, 0.1) is 0 Å². The van der Waals surface area contributed by atoms with Crippen molar-refractivity contribution in [2.75, 3.05) is 30.2 Å². The molecule has 0 fully saturated rings. The molecule has 0 saturated carbocycles. The van der Waals surface area contributed by atoms with E-state index in [0.29, 0.717) is 16.6 Å². The molecular formula is C20H19F2N3O2S. The number of benzene rings is 2. The fraction of sp³-hybridized carbons (Fsp3) is 0.200. The molecule has 1 amide bonds. The third-order valence-electron chi connectivity index (χ3n) is 4.05. The molecule has 2 aromatic rings. The van der Waals surface area contributed by atoms with Crippen LogP contribution in [0.25, 0.3) is 6.08 Å². The summed E-state index contributed by atoms with van der Waals surface area (Å²) in [7, 11) is 3.91. The van der Waals surface area contributed by atoms with Gasteiger partial charge in [0.2, 0.25) is 0 Å². The quantitative estimate of drug-likeness (QED) is 0.692. The number of halogens is 2. The molecule has 5 nitrogen and oxygen atoms in total. The van der Waals surface area contributed by atoms with Crippen molar-refractivity contribution in [1.29, 1.82) is 0 Å². The van der Waals surface area contributed by atoms with Crippen molar-refractivity contribution in [3.8, 4) is 5.75 Å². The first kappa shape index (κ1) is 19.9. The lowest BCUT2D eigenvalue weighted by Gasteiger charge is -2.17. The molecule has 0 bridgehead atoms. The molecule has 0 saturated heterocycles. The van der Waals surface area contributed by atoms with Crippen molar-refractivity contribution in [3.63, 3.8) is 0 Å². The van der Waals surface area contributed by atoms with Crippen molar-refractivity contribution in [3.05, 3.63) is 59.8 Å². The van der Waals surface area contributed by atoms with Gasteiger partial charge in [-0.15, -0.1) is 0 Å². The largest absolute Gasteiger partial charge is 0.435 e. The van der Waals surface area contributed by atoms with Gasteiger partial charge in [-0.05, 0) is 54.3 Å². The van der Waals surface area contributed by atoms with E-state index in [0.717, 1.165) is 11.3 Å². The predicted molar refractivity (Wildman–Crippen MR) is 110 cm³/mol. The average molecular weight is 403 g/mol. The molecule has 0 spiro atoms. The summed E-state index contributed by atoms with van der Waals surface area (Å²) in [6, 6.07) is 13.7. The fourth-order valence-corrected chi connectivity index (χ4v) is 3.22. The van der Waals surface area contributed by atoms with Crippen molar-refractivity contribution in [2.24, 2.45) is 4.99 Å². The highest BCUT2D eigenvalue weighted by Gasteiger charge is 2.31. The first-order valence-electron chi connectivity index (χ1n) is 8.40. The summed E-state index contributed by atoms with van der Waals surface area (Å²) < 4.78 is 29.0. The normalized spacial score (nSPS) is 15.4. The highest BCUT2D eigenvalue weighted by Crippen LogP contribution is 2.30. The Morgan fingerprint density at radius 3 is 2.29 bits per heavy atom. The molecule has 3 rings (SSSR count). The number of ether oxygens (including phenoxy) is 1. The molecular weight excluding hydrogens is 384 g/mol. The number of anilines is 2. The first-order chi connectivity index (χ1) is 13.4. The SMILES string of the molecule is CSC1=NC(=Cc2ccc(N(C)C)cc2)C(=O)N1c1ccc(OC(F)F)cc1. The van der Waals surface area contributed by atoms with Crippen LogP contribution in [0.4, 0.5) is 20.2 Å². The molecule has 0 atom stereocenters. The zero-order valence-electron chi connectivity index (χ0n) is 15.6. The second-order valence-corrected chi connectivity index (χ2v) is 6.90. The summed E-state index contributed by atoms with van der Waals surface area (Å²) in [5.41, 5.74) is 2.77. The molecule has 0 unspecified atom stereocenters. The molecule has 1 heterocycles. The monoisotopic (exact) mass is 403 g/mol. The lowest BCUT2D eigenvalue weighted by molar-refractivity contribution is -0.113. The Bertz CT molecular complexity index is 910. The second-order valence-electron chi connectivity index (χ2n) is 6.13. The van der Waals surface area contributed by atoms with Crippen LogP contribution < -0.4 is 14.5 Å². The number of carbonyl (C=O) groups excluding carboxylic acids is 1. The Hall–Kier alpha value is -2.87. The number of carbonyl (C=O) groups is 1. The van der Waals surface area contributed by atoms with Gasteiger partial charge in [-0.3, -0.25) is 9.69 Å². The van der Waals surface area contributed by atoms with Crippen LogP contribution in [0.3, 0.4) is 0 Å². The van der Waals surface area contributed by atoms with Crippen LogP contribution >= 0.6 is 11.8 Å². The van der Waals surface area contributed by atoms with E-state index in [1.54, 1.807) is 18.2 Å². The van der Waals surface area contributed by atoms with Crippen LogP contribution in [-0.4, -0.2) is 38.0 Å². The van der Waals surface area contributed by atoms with Gasteiger partial charge in [-0.2, -0.15) is 8.78 Å². The van der Waals surface area contributed by atoms with Crippen LogP contribution in [0.15, 0.2) is 59.2 Å². The maximum absolute atomic E-state index is 12.9. The van der Waals surface area contributed by atoms with Gasteiger partial charge in [0, 0.05) is 19.8 Å². The molecule has 0 aromatic heterocycles. The minimum atomic E-state index is -2.89. The number of thioether (sulfide) groups is 1. The summed E-state index contributed by atoms with van der Waals surface area (Å²) in [5.74, 6) is -0.242. The van der Waals surface area contributed by atoms with Gasteiger partial charge in [0.1, 0.15) is 11.4 Å². The first-order valence-corrected chi connectivity index (χ1v) is 9.62. The second kappa shape index (κ2) is 8.43.